The molecule has 1 heterocycles. The Labute approximate surface area is 168 Å². The Hall–Kier alpha value is -3.48. The predicted octanol–water partition coefficient (Wildman–Crippen LogP) is 2.86. The quantitative estimate of drug-likeness (QED) is 0.510. The fourth-order valence-electron chi connectivity index (χ4n) is 3.32. The average Bonchev–Trinajstić information content (AvgIpc) is 2.75. The lowest BCUT2D eigenvalue weighted by molar-refractivity contribution is -0.147. The Kier molecular flexibility index (Phi) is 6.07. The van der Waals surface area contributed by atoms with Crippen molar-refractivity contribution < 1.29 is 23.9 Å². The van der Waals surface area contributed by atoms with Gasteiger partial charge in [0.2, 0.25) is 0 Å². The number of hydrogen-bond donors (Lipinski definition) is 1. The standard InChI is InChI=1S/C22H22N2O5/c1-13(21(26)28-2)12-18(22(27)29-3)24-20(25)19-14-8-4-6-10-16(14)23-17-11-7-5-9-15(17)19/h4-11,13,18H,12H2,1-3H3,(H,24,25)/t13-,18+/m0/s1. The van der Waals surface area contributed by atoms with Gasteiger partial charge in [0.15, 0.2) is 0 Å². The highest BCUT2D eigenvalue weighted by Crippen LogP contribution is 2.26. The van der Waals surface area contributed by atoms with Gasteiger partial charge in [0.1, 0.15) is 6.04 Å². The number of ether oxygens (including phenoxy) is 2. The van der Waals surface area contributed by atoms with Gasteiger partial charge in [-0.3, -0.25) is 9.59 Å². The Morgan fingerprint density at radius 2 is 1.41 bits per heavy atom. The topological polar surface area (TPSA) is 94.6 Å². The number of hydrogen-bond acceptors (Lipinski definition) is 6. The molecule has 0 unspecified atom stereocenters. The van der Waals surface area contributed by atoms with Crippen LogP contribution in [0, 0.1) is 5.92 Å². The Morgan fingerprint density at radius 3 is 1.93 bits per heavy atom. The van der Waals surface area contributed by atoms with Gasteiger partial charge >= 0.3 is 11.9 Å². The summed E-state index contributed by atoms with van der Waals surface area (Å²) < 4.78 is 9.54. The summed E-state index contributed by atoms with van der Waals surface area (Å²) in [6.45, 7) is 1.63. The van der Waals surface area contributed by atoms with Crippen LogP contribution >= 0.6 is 0 Å². The number of amides is 1. The zero-order valence-electron chi connectivity index (χ0n) is 16.5. The largest absolute Gasteiger partial charge is 0.469 e. The molecule has 29 heavy (non-hydrogen) atoms. The minimum atomic E-state index is -0.993. The summed E-state index contributed by atoms with van der Waals surface area (Å²) in [5, 5.41) is 4.08. The number of carbonyl (C=O) groups excluding carboxylic acids is 3. The van der Waals surface area contributed by atoms with E-state index >= 15 is 0 Å². The summed E-state index contributed by atoms with van der Waals surface area (Å²) in [5.74, 6) is -2.12. The van der Waals surface area contributed by atoms with Crippen LogP contribution in [0.25, 0.3) is 21.8 Å². The first-order valence-corrected chi connectivity index (χ1v) is 9.20. The number of methoxy groups -OCH3 is 2. The maximum atomic E-state index is 13.3. The molecule has 0 aliphatic carbocycles. The first-order valence-electron chi connectivity index (χ1n) is 9.20. The van der Waals surface area contributed by atoms with Crippen molar-refractivity contribution in [2.24, 2.45) is 5.92 Å². The van der Waals surface area contributed by atoms with Gasteiger partial charge in [-0.15, -0.1) is 0 Å². The summed E-state index contributed by atoms with van der Waals surface area (Å²) in [6.07, 6.45) is 0.0615. The molecule has 0 spiro atoms. The monoisotopic (exact) mass is 394 g/mol. The van der Waals surface area contributed by atoms with E-state index in [4.69, 9.17) is 9.47 Å². The van der Waals surface area contributed by atoms with Gasteiger partial charge in [-0.2, -0.15) is 0 Å². The molecule has 2 aromatic carbocycles. The highest BCUT2D eigenvalue weighted by Gasteiger charge is 2.28. The van der Waals surface area contributed by atoms with E-state index in [0.29, 0.717) is 27.4 Å². The molecular weight excluding hydrogens is 372 g/mol. The summed E-state index contributed by atoms with van der Waals surface area (Å²) in [7, 11) is 2.52. The highest BCUT2D eigenvalue weighted by atomic mass is 16.5. The first-order chi connectivity index (χ1) is 14.0. The number of carbonyl (C=O) groups is 3. The third-order valence-electron chi connectivity index (χ3n) is 4.80. The summed E-state index contributed by atoms with van der Waals surface area (Å²) in [4.78, 5) is 41.9. The van der Waals surface area contributed by atoms with Crippen molar-refractivity contribution in [1.29, 1.82) is 0 Å². The maximum Gasteiger partial charge on any atom is 0.328 e. The van der Waals surface area contributed by atoms with Crippen LogP contribution in [0.3, 0.4) is 0 Å². The number of pyridine rings is 1. The number of aromatic nitrogens is 1. The van der Waals surface area contributed by atoms with Crippen LogP contribution in [-0.4, -0.2) is 43.1 Å². The van der Waals surface area contributed by atoms with Crippen LogP contribution in [0.1, 0.15) is 23.7 Å². The van der Waals surface area contributed by atoms with Gasteiger partial charge in [-0.1, -0.05) is 43.3 Å². The van der Waals surface area contributed by atoms with E-state index in [9.17, 15) is 14.4 Å². The molecule has 0 radical (unpaired) electrons. The molecule has 0 saturated carbocycles. The third kappa shape index (κ3) is 4.18. The second kappa shape index (κ2) is 8.68. The molecule has 7 heteroatoms. The van der Waals surface area contributed by atoms with Crippen LogP contribution < -0.4 is 5.32 Å². The molecule has 2 atom stereocenters. The van der Waals surface area contributed by atoms with Gasteiger partial charge in [0.05, 0.1) is 36.7 Å². The minimum Gasteiger partial charge on any atom is -0.469 e. The molecule has 0 bridgehead atoms. The molecule has 1 N–H and O–H groups in total. The van der Waals surface area contributed by atoms with E-state index in [1.807, 2.05) is 48.5 Å². The van der Waals surface area contributed by atoms with Crippen molar-refractivity contribution >= 4 is 39.7 Å². The summed E-state index contributed by atoms with van der Waals surface area (Å²) in [5.41, 5.74) is 1.77. The lowest BCUT2D eigenvalue weighted by Gasteiger charge is -2.20. The third-order valence-corrected chi connectivity index (χ3v) is 4.80. The fraction of sp³-hybridized carbons (Fsp3) is 0.273. The summed E-state index contributed by atoms with van der Waals surface area (Å²) >= 11 is 0. The van der Waals surface area contributed by atoms with Crippen LogP contribution in [0.15, 0.2) is 48.5 Å². The molecule has 0 aliphatic heterocycles. The molecule has 1 amide bonds. The van der Waals surface area contributed by atoms with Crippen molar-refractivity contribution in [2.75, 3.05) is 14.2 Å². The first kappa shape index (κ1) is 20.3. The number of benzene rings is 2. The van der Waals surface area contributed by atoms with Crippen LogP contribution in [0.5, 0.6) is 0 Å². The predicted molar refractivity (Wildman–Crippen MR) is 108 cm³/mol. The molecule has 150 valence electrons. The maximum absolute atomic E-state index is 13.3. The number of esters is 2. The van der Waals surface area contributed by atoms with Gasteiger partial charge in [0.25, 0.3) is 5.91 Å². The number of para-hydroxylation sites is 2. The molecule has 7 nitrogen and oxygen atoms in total. The zero-order valence-corrected chi connectivity index (χ0v) is 16.5. The SMILES string of the molecule is COC(=O)[C@@H](C)C[C@@H](NC(=O)c1c2ccccc2nc2ccccc12)C(=O)OC. The van der Waals surface area contributed by atoms with E-state index in [0.717, 1.165) is 0 Å². The average molecular weight is 394 g/mol. The Bertz CT molecular complexity index is 1030. The molecule has 3 aromatic rings. The van der Waals surface area contributed by atoms with E-state index in [-0.39, 0.29) is 6.42 Å². The van der Waals surface area contributed by atoms with Crippen LogP contribution in [0.2, 0.25) is 0 Å². The highest BCUT2D eigenvalue weighted by molar-refractivity contribution is 6.16. The molecular formula is C22H22N2O5. The van der Waals surface area contributed by atoms with E-state index in [2.05, 4.69) is 10.3 Å². The lowest BCUT2D eigenvalue weighted by Crippen LogP contribution is -2.43. The van der Waals surface area contributed by atoms with E-state index in [1.165, 1.54) is 14.2 Å². The molecule has 0 fully saturated rings. The number of rotatable bonds is 6. The van der Waals surface area contributed by atoms with Crippen LogP contribution in [-0.2, 0) is 19.1 Å². The summed E-state index contributed by atoms with van der Waals surface area (Å²) in [6, 6.07) is 13.6. The Balaban J connectivity index is 2.02. The second-order valence-corrected chi connectivity index (χ2v) is 6.73. The molecule has 0 aliphatic rings. The normalized spacial score (nSPS) is 12.9. The number of nitrogens with zero attached hydrogens (tertiary/aromatic N) is 1. The van der Waals surface area contributed by atoms with E-state index in [1.54, 1.807) is 6.92 Å². The zero-order chi connectivity index (χ0) is 21.0. The smallest absolute Gasteiger partial charge is 0.328 e. The fourth-order valence-corrected chi connectivity index (χ4v) is 3.32. The van der Waals surface area contributed by atoms with E-state index < -0.39 is 29.8 Å². The minimum absolute atomic E-state index is 0.0615. The lowest BCUT2D eigenvalue weighted by atomic mass is 9.99. The van der Waals surface area contributed by atoms with Crippen LogP contribution in [0.4, 0.5) is 0 Å². The van der Waals surface area contributed by atoms with Crippen molar-refractivity contribution in [3.05, 3.63) is 54.1 Å². The van der Waals surface area contributed by atoms with Crippen molar-refractivity contribution in [1.82, 2.24) is 10.3 Å². The Morgan fingerprint density at radius 1 is 0.897 bits per heavy atom. The second-order valence-electron chi connectivity index (χ2n) is 6.73. The van der Waals surface area contributed by atoms with Gasteiger partial charge < -0.3 is 14.8 Å². The van der Waals surface area contributed by atoms with Gasteiger partial charge in [-0.05, 0) is 18.6 Å². The number of nitrogens with one attached hydrogen (secondary N) is 1. The molecule has 1 aromatic heterocycles. The van der Waals surface area contributed by atoms with Crippen molar-refractivity contribution in [3.63, 3.8) is 0 Å². The molecule has 0 saturated heterocycles. The van der Waals surface area contributed by atoms with Gasteiger partial charge in [-0.25, -0.2) is 9.78 Å². The molecule has 3 rings (SSSR count). The van der Waals surface area contributed by atoms with Gasteiger partial charge in [0, 0.05) is 10.8 Å². The van der Waals surface area contributed by atoms with Crippen molar-refractivity contribution in [2.45, 2.75) is 19.4 Å². The number of fused-ring (bicyclic) bond motifs is 2. The van der Waals surface area contributed by atoms with Crippen molar-refractivity contribution in [3.8, 4) is 0 Å².